The summed E-state index contributed by atoms with van der Waals surface area (Å²) >= 11 is 0. The van der Waals surface area contributed by atoms with E-state index in [1.54, 1.807) is 30.3 Å². The molecule has 1 N–H and O–H groups in total. The Morgan fingerprint density at radius 2 is 1.70 bits per heavy atom. The Kier molecular flexibility index (Phi) is 5.48. The van der Waals surface area contributed by atoms with Gasteiger partial charge in [0, 0.05) is 25.9 Å². The first-order valence-electron chi connectivity index (χ1n) is 8.27. The first-order valence-corrected chi connectivity index (χ1v) is 9.71. The SMILES string of the molecule is CN(C)S(=O)(=O)c1ccc(NC(=O)/C=C/c2ccc3c(c2)OCCO3)cc1. The van der Waals surface area contributed by atoms with Crippen LogP contribution in [0.25, 0.3) is 6.08 Å². The number of sulfonamides is 1. The normalized spacial score (nSPS) is 13.7. The van der Waals surface area contributed by atoms with E-state index in [4.69, 9.17) is 9.47 Å². The van der Waals surface area contributed by atoms with Crippen molar-refractivity contribution in [1.29, 1.82) is 0 Å². The Hall–Kier alpha value is -2.84. The molecule has 0 saturated heterocycles. The Bertz CT molecular complexity index is 966. The summed E-state index contributed by atoms with van der Waals surface area (Å²) in [7, 11) is -0.560. The molecule has 0 fully saturated rings. The van der Waals surface area contributed by atoms with Crippen LogP contribution in [0.15, 0.2) is 53.4 Å². The number of ether oxygens (including phenoxy) is 2. The number of anilines is 1. The van der Waals surface area contributed by atoms with Crippen LogP contribution in [-0.4, -0.2) is 45.9 Å². The second kappa shape index (κ2) is 7.81. The third-order valence-electron chi connectivity index (χ3n) is 3.89. The van der Waals surface area contributed by atoms with Gasteiger partial charge in [-0.1, -0.05) is 6.07 Å². The first-order chi connectivity index (χ1) is 12.9. The number of rotatable bonds is 5. The van der Waals surface area contributed by atoms with Gasteiger partial charge in [0.05, 0.1) is 4.90 Å². The second-order valence-corrected chi connectivity index (χ2v) is 8.19. The van der Waals surface area contributed by atoms with Gasteiger partial charge in [0.1, 0.15) is 13.2 Å². The van der Waals surface area contributed by atoms with Gasteiger partial charge in [-0.2, -0.15) is 0 Å². The van der Waals surface area contributed by atoms with Crippen LogP contribution in [0.4, 0.5) is 5.69 Å². The molecule has 0 spiro atoms. The molecular formula is C19H20N2O5S. The molecule has 1 aliphatic heterocycles. The fraction of sp³-hybridized carbons (Fsp3) is 0.211. The lowest BCUT2D eigenvalue weighted by Crippen LogP contribution is -2.22. The van der Waals surface area contributed by atoms with E-state index in [9.17, 15) is 13.2 Å². The zero-order valence-corrected chi connectivity index (χ0v) is 15.8. The van der Waals surface area contributed by atoms with Crippen molar-refractivity contribution >= 4 is 27.7 Å². The molecule has 1 heterocycles. The molecule has 0 bridgehead atoms. The topological polar surface area (TPSA) is 84.9 Å². The van der Waals surface area contributed by atoms with Crippen LogP contribution in [0, 0.1) is 0 Å². The maximum atomic E-state index is 12.1. The molecule has 0 atom stereocenters. The van der Waals surface area contributed by atoms with Crippen molar-refractivity contribution in [3.8, 4) is 11.5 Å². The average Bonchev–Trinajstić information content (AvgIpc) is 2.66. The van der Waals surface area contributed by atoms with Crippen LogP contribution >= 0.6 is 0 Å². The van der Waals surface area contributed by atoms with Gasteiger partial charge in [0.15, 0.2) is 11.5 Å². The number of fused-ring (bicyclic) bond motifs is 1. The summed E-state index contributed by atoms with van der Waals surface area (Å²) in [6.07, 6.45) is 3.06. The predicted octanol–water partition coefficient (Wildman–Crippen LogP) is 2.36. The molecule has 7 nitrogen and oxygen atoms in total. The van der Waals surface area contributed by atoms with Crippen LogP contribution in [0.2, 0.25) is 0 Å². The van der Waals surface area contributed by atoms with Crippen molar-refractivity contribution < 1.29 is 22.7 Å². The smallest absolute Gasteiger partial charge is 0.248 e. The molecule has 1 amide bonds. The van der Waals surface area contributed by atoms with E-state index in [-0.39, 0.29) is 10.8 Å². The number of hydrogen-bond acceptors (Lipinski definition) is 5. The molecular weight excluding hydrogens is 368 g/mol. The molecule has 0 aromatic heterocycles. The molecule has 8 heteroatoms. The number of nitrogens with one attached hydrogen (secondary N) is 1. The molecule has 3 rings (SSSR count). The summed E-state index contributed by atoms with van der Waals surface area (Å²) in [6.45, 7) is 1.03. The molecule has 27 heavy (non-hydrogen) atoms. The van der Waals surface area contributed by atoms with Crippen LogP contribution in [0.3, 0.4) is 0 Å². The lowest BCUT2D eigenvalue weighted by atomic mass is 10.2. The lowest BCUT2D eigenvalue weighted by Gasteiger charge is -2.18. The summed E-state index contributed by atoms with van der Waals surface area (Å²) in [4.78, 5) is 12.2. The molecule has 0 radical (unpaired) electrons. The Morgan fingerprint density at radius 3 is 2.37 bits per heavy atom. The number of carbonyl (C=O) groups is 1. The molecule has 0 aliphatic carbocycles. The van der Waals surface area contributed by atoms with Crippen LogP contribution in [-0.2, 0) is 14.8 Å². The van der Waals surface area contributed by atoms with Crippen LogP contribution < -0.4 is 14.8 Å². The minimum atomic E-state index is -3.49. The van der Waals surface area contributed by atoms with Gasteiger partial charge < -0.3 is 14.8 Å². The molecule has 2 aromatic carbocycles. The van der Waals surface area contributed by atoms with E-state index < -0.39 is 10.0 Å². The summed E-state index contributed by atoms with van der Waals surface area (Å²) in [5.41, 5.74) is 1.31. The summed E-state index contributed by atoms with van der Waals surface area (Å²) < 4.78 is 36.2. The van der Waals surface area contributed by atoms with Crippen LogP contribution in [0.1, 0.15) is 5.56 Å². The van der Waals surface area contributed by atoms with Crippen molar-refractivity contribution in [3.05, 3.63) is 54.1 Å². The van der Waals surface area contributed by atoms with Crippen molar-refractivity contribution in [2.45, 2.75) is 4.90 Å². The Labute approximate surface area is 158 Å². The number of benzene rings is 2. The van der Waals surface area contributed by atoms with E-state index in [1.807, 2.05) is 6.07 Å². The van der Waals surface area contributed by atoms with Gasteiger partial charge in [0.25, 0.3) is 0 Å². The van der Waals surface area contributed by atoms with Crippen molar-refractivity contribution in [1.82, 2.24) is 4.31 Å². The van der Waals surface area contributed by atoms with E-state index in [0.717, 1.165) is 9.87 Å². The van der Waals surface area contributed by atoms with Gasteiger partial charge in [-0.15, -0.1) is 0 Å². The highest BCUT2D eigenvalue weighted by Gasteiger charge is 2.16. The Balaban J connectivity index is 1.65. The van der Waals surface area contributed by atoms with Gasteiger partial charge in [-0.25, -0.2) is 12.7 Å². The lowest BCUT2D eigenvalue weighted by molar-refractivity contribution is -0.111. The largest absolute Gasteiger partial charge is 0.486 e. The second-order valence-electron chi connectivity index (χ2n) is 6.04. The van der Waals surface area contributed by atoms with Gasteiger partial charge >= 0.3 is 0 Å². The fourth-order valence-corrected chi connectivity index (χ4v) is 3.34. The maximum Gasteiger partial charge on any atom is 0.248 e. The highest BCUT2D eigenvalue weighted by Crippen LogP contribution is 2.31. The quantitative estimate of drug-likeness (QED) is 0.795. The number of carbonyl (C=O) groups excluding carboxylic acids is 1. The number of nitrogens with zero attached hydrogens (tertiary/aromatic N) is 1. The highest BCUT2D eigenvalue weighted by molar-refractivity contribution is 7.89. The van der Waals surface area contributed by atoms with Crippen molar-refractivity contribution in [2.75, 3.05) is 32.6 Å². The van der Waals surface area contributed by atoms with E-state index >= 15 is 0 Å². The van der Waals surface area contributed by atoms with Crippen molar-refractivity contribution in [3.63, 3.8) is 0 Å². The van der Waals surface area contributed by atoms with E-state index in [2.05, 4.69) is 5.32 Å². The zero-order valence-electron chi connectivity index (χ0n) is 15.0. The first kappa shape index (κ1) is 18.9. The molecule has 142 valence electrons. The maximum absolute atomic E-state index is 12.1. The standard InChI is InChI=1S/C19H20N2O5S/c1-21(2)27(23,24)16-7-5-15(6-8-16)20-19(22)10-4-14-3-9-17-18(13-14)26-12-11-25-17/h3-10,13H,11-12H2,1-2H3,(H,20,22)/b10-4+. The number of hydrogen-bond donors (Lipinski definition) is 1. The predicted molar refractivity (Wildman–Crippen MR) is 102 cm³/mol. The third kappa shape index (κ3) is 4.47. The molecule has 0 saturated carbocycles. The average molecular weight is 388 g/mol. The monoisotopic (exact) mass is 388 g/mol. The van der Waals surface area contributed by atoms with Gasteiger partial charge in [0.2, 0.25) is 15.9 Å². The highest BCUT2D eigenvalue weighted by atomic mass is 32.2. The van der Waals surface area contributed by atoms with E-state index in [0.29, 0.717) is 30.4 Å². The minimum Gasteiger partial charge on any atom is -0.486 e. The molecule has 1 aliphatic rings. The fourth-order valence-electron chi connectivity index (χ4n) is 2.44. The zero-order chi connectivity index (χ0) is 19.4. The Morgan fingerprint density at radius 1 is 1.04 bits per heavy atom. The third-order valence-corrected chi connectivity index (χ3v) is 5.72. The van der Waals surface area contributed by atoms with Gasteiger partial charge in [-0.3, -0.25) is 4.79 Å². The number of amides is 1. The minimum absolute atomic E-state index is 0.164. The van der Waals surface area contributed by atoms with Crippen molar-refractivity contribution in [2.24, 2.45) is 0 Å². The van der Waals surface area contributed by atoms with Crippen LogP contribution in [0.5, 0.6) is 11.5 Å². The van der Waals surface area contributed by atoms with Gasteiger partial charge in [-0.05, 0) is 48.0 Å². The molecule has 2 aromatic rings. The summed E-state index contributed by atoms with van der Waals surface area (Å²) in [5.74, 6) is 1.02. The molecule has 0 unspecified atom stereocenters. The summed E-state index contributed by atoms with van der Waals surface area (Å²) in [5, 5.41) is 2.69. The summed E-state index contributed by atoms with van der Waals surface area (Å²) in [6, 6.07) is 11.4. The van der Waals surface area contributed by atoms with E-state index in [1.165, 1.54) is 32.3 Å².